The Morgan fingerprint density at radius 3 is 2.30 bits per heavy atom. The molecule has 0 spiro atoms. The van der Waals surface area contributed by atoms with E-state index < -0.39 is 35.2 Å². The predicted molar refractivity (Wildman–Crippen MR) is 90.3 cm³/mol. The number of carbonyl (C=O) groups is 1. The monoisotopic (exact) mass is 390 g/mol. The third-order valence-electron chi connectivity index (χ3n) is 4.21. The summed E-state index contributed by atoms with van der Waals surface area (Å²) in [5.74, 6) is -1.38. The number of nitrogens with zero attached hydrogens (tertiary/aromatic N) is 2. The van der Waals surface area contributed by atoms with E-state index in [4.69, 9.17) is 4.74 Å². The smallest absolute Gasteiger partial charge is 0.416 e. The van der Waals surface area contributed by atoms with E-state index in [0.717, 1.165) is 0 Å². The van der Waals surface area contributed by atoms with Gasteiger partial charge in [-0.2, -0.15) is 13.2 Å². The van der Waals surface area contributed by atoms with Gasteiger partial charge in [-0.25, -0.2) is 9.18 Å². The third kappa shape index (κ3) is 5.33. The first-order valence-corrected chi connectivity index (χ1v) is 8.49. The number of hydrogen-bond donors (Lipinski definition) is 1. The van der Waals surface area contributed by atoms with Crippen molar-refractivity contribution in [1.29, 1.82) is 0 Å². The highest BCUT2D eigenvalue weighted by atomic mass is 19.4. The SMILES string of the molecule is CC(C)(C)OC(=O)N1CCC(/C(=N\O)c2cc(C(F)(F)F)ccc2F)CC1. The molecule has 0 unspecified atom stereocenters. The van der Waals surface area contributed by atoms with Crippen LogP contribution in [0.3, 0.4) is 0 Å². The number of hydrogen-bond acceptors (Lipinski definition) is 4. The van der Waals surface area contributed by atoms with Crippen LogP contribution in [0.2, 0.25) is 0 Å². The van der Waals surface area contributed by atoms with Crippen molar-refractivity contribution in [3.05, 3.63) is 35.1 Å². The molecule has 1 aliphatic heterocycles. The molecular formula is C18H22F4N2O3. The van der Waals surface area contributed by atoms with E-state index in [-0.39, 0.29) is 24.4 Å². The second-order valence-electron chi connectivity index (χ2n) is 7.42. The van der Waals surface area contributed by atoms with Crippen LogP contribution in [0.25, 0.3) is 0 Å². The lowest BCUT2D eigenvalue weighted by molar-refractivity contribution is -0.137. The van der Waals surface area contributed by atoms with Gasteiger partial charge in [0.25, 0.3) is 0 Å². The molecule has 1 N–H and O–H groups in total. The van der Waals surface area contributed by atoms with Gasteiger partial charge in [-0.3, -0.25) is 0 Å². The van der Waals surface area contributed by atoms with Crippen LogP contribution in [-0.4, -0.2) is 40.6 Å². The summed E-state index contributed by atoms with van der Waals surface area (Å²) in [5, 5.41) is 12.4. The maximum atomic E-state index is 14.1. The summed E-state index contributed by atoms with van der Waals surface area (Å²) in [5.41, 5.74) is -2.20. The zero-order chi connectivity index (χ0) is 20.4. The molecule has 9 heteroatoms. The van der Waals surface area contributed by atoms with E-state index in [1.807, 2.05) is 0 Å². The normalized spacial score (nSPS) is 17.1. The lowest BCUT2D eigenvalue weighted by Crippen LogP contribution is -2.43. The molecule has 1 aromatic rings. The highest BCUT2D eigenvalue weighted by Gasteiger charge is 2.34. The summed E-state index contributed by atoms with van der Waals surface area (Å²) in [6, 6.07) is 1.99. The van der Waals surface area contributed by atoms with Gasteiger partial charge in [0.15, 0.2) is 0 Å². The molecule has 1 fully saturated rings. The molecule has 0 radical (unpaired) electrons. The Hall–Kier alpha value is -2.32. The molecule has 0 aromatic heterocycles. The number of alkyl halides is 3. The standard InChI is InChI=1S/C18H22F4N2O3/c1-17(2,3)27-16(25)24-8-6-11(7-9-24)15(23-26)13-10-12(18(20,21)22)4-5-14(13)19/h4-5,10-11,26H,6-9H2,1-3H3/b23-15+. The van der Waals surface area contributed by atoms with Crippen LogP contribution in [0.1, 0.15) is 44.7 Å². The average molecular weight is 390 g/mol. The molecule has 5 nitrogen and oxygen atoms in total. The van der Waals surface area contributed by atoms with Crippen molar-refractivity contribution in [2.45, 2.75) is 45.4 Å². The van der Waals surface area contributed by atoms with Gasteiger partial charge >= 0.3 is 12.3 Å². The first kappa shape index (κ1) is 21.0. The zero-order valence-corrected chi connectivity index (χ0v) is 15.3. The number of halogens is 4. The Morgan fingerprint density at radius 2 is 1.81 bits per heavy atom. The number of benzene rings is 1. The highest BCUT2D eigenvalue weighted by Crippen LogP contribution is 2.32. The maximum Gasteiger partial charge on any atom is 0.416 e. The maximum absolute atomic E-state index is 14.1. The van der Waals surface area contributed by atoms with Gasteiger partial charge in [0.05, 0.1) is 11.3 Å². The Bertz CT molecular complexity index is 718. The largest absolute Gasteiger partial charge is 0.444 e. The summed E-state index contributed by atoms with van der Waals surface area (Å²) >= 11 is 0. The van der Waals surface area contributed by atoms with Crippen LogP contribution in [0.4, 0.5) is 22.4 Å². The van der Waals surface area contributed by atoms with Gasteiger partial charge in [0.1, 0.15) is 11.4 Å². The topological polar surface area (TPSA) is 62.1 Å². The van der Waals surface area contributed by atoms with Crippen molar-refractivity contribution in [3.8, 4) is 0 Å². The number of oxime groups is 1. The molecule has 0 bridgehead atoms. The summed E-state index contributed by atoms with van der Waals surface area (Å²) in [7, 11) is 0. The molecule has 0 aliphatic carbocycles. The van der Waals surface area contributed by atoms with Crippen molar-refractivity contribution in [2.75, 3.05) is 13.1 Å². The van der Waals surface area contributed by atoms with E-state index in [1.54, 1.807) is 20.8 Å². The van der Waals surface area contributed by atoms with Crippen molar-refractivity contribution in [1.82, 2.24) is 4.90 Å². The quantitative estimate of drug-likeness (QED) is 0.346. The predicted octanol–water partition coefficient (Wildman–Crippen LogP) is 4.67. The van der Waals surface area contributed by atoms with E-state index in [1.165, 1.54) is 4.90 Å². The highest BCUT2D eigenvalue weighted by molar-refractivity contribution is 6.02. The molecule has 1 aromatic carbocycles. The van der Waals surface area contributed by atoms with Gasteiger partial charge < -0.3 is 14.8 Å². The van der Waals surface area contributed by atoms with E-state index in [0.29, 0.717) is 31.0 Å². The summed E-state index contributed by atoms with van der Waals surface area (Å²) in [6.07, 6.45) is -4.50. The van der Waals surface area contributed by atoms with Crippen LogP contribution in [0, 0.1) is 11.7 Å². The van der Waals surface area contributed by atoms with Crippen LogP contribution in [0.15, 0.2) is 23.4 Å². The third-order valence-corrected chi connectivity index (χ3v) is 4.21. The lowest BCUT2D eigenvalue weighted by Gasteiger charge is -2.33. The first-order chi connectivity index (χ1) is 12.4. The van der Waals surface area contributed by atoms with E-state index >= 15 is 0 Å². The fraction of sp³-hybridized carbons (Fsp3) is 0.556. The molecule has 27 heavy (non-hydrogen) atoms. The van der Waals surface area contributed by atoms with Crippen LogP contribution < -0.4 is 0 Å². The van der Waals surface area contributed by atoms with Gasteiger partial charge in [0, 0.05) is 24.6 Å². The molecule has 1 aliphatic rings. The number of rotatable bonds is 2. The summed E-state index contributed by atoms with van der Waals surface area (Å²) in [4.78, 5) is 13.5. The van der Waals surface area contributed by atoms with Crippen molar-refractivity contribution in [3.63, 3.8) is 0 Å². The number of amides is 1. The second-order valence-corrected chi connectivity index (χ2v) is 7.42. The average Bonchev–Trinajstić information content (AvgIpc) is 2.55. The van der Waals surface area contributed by atoms with Gasteiger partial charge in [0.2, 0.25) is 0 Å². The lowest BCUT2D eigenvalue weighted by atomic mass is 9.87. The fourth-order valence-corrected chi connectivity index (χ4v) is 2.92. The minimum Gasteiger partial charge on any atom is -0.444 e. The first-order valence-electron chi connectivity index (χ1n) is 8.49. The summed E-state index contributed by atoms with van der Waals surface area (Å²) < 4.78 is 58.1. The zero-order valence-electron chi connectivity index (χ0n) is 15.3. The Balaban J connectivity index is 2.14. The Kier molecular flexibility index (Phi) is 6.01. The molecule has 0 atom stereocenters. The Labute approximate surface area is 154 Å². The fourth-order valence-electron chi connectivity index (χ4n) is 2.92. The molecule has 2 rings (SSSR count). The molecule has 1 heterocycles. The van der Waals surface area contributed by atoms with Crippen LogP contribution in [-0.2, 0) is 10.9 Å². The minimum absolute atomic E-state index is 0.151. The summed E-state index contributed by atoms with van der Waals surface area (Å²) in [6.45, 7) is 5.75. The number of carbonyl (C=O) groups excluding carboxylic acids is 1. The number of piperidine rings is 1. The van der Waals surface area contributed by atoms with Gasteiger partial charge in [-0.05, 0) is 51.8 Å². The van der Waals surface area contributed by atoms with E-state index in [2.05, 4.69) is 5.16 Å². The molecule has 1 saturated heterocycles. The van der Waals surface area contributed by atoms with Crippen molar-refractivity contribution in [2.24, 2.45) is 11.1 Å². The molecule has 1 amide bonds. The molecule has 0 saturated carbocycles. The number of ether oxygens (including phenoxy) is 1. The second kappa shape index (κ2) is 7.74. The van der Waals surface area contributed by atoms with Crippen LogP contribution >= 0.6 is 0 Å². The van der Waals surface area contributed by atoms with Crippen LogP contribution in [0.5, 0.6) is 0 Å². The van der Waals surface area contributed by atoms with Gasteiger partial charge in [-0.15, -0.1) is 0 Å². The minimum atomic E-state index is -4.64. The Morgan fingerprint density at radius 1 is 1.22 bits per heavy atom. The molecule has 150 valence electrons. The molecular weight excluding hydrogens is 368 g/mol. The number of likely N-dealkylation sites (tertiary alicyclic amines) is 1. The van der Waals surface area contributed by atoms with Crippen molar-refractivity contribution >= 4 is 11.8 Å². The van der Waals surface area contributed by atoms with Crippen molar-refractivity contribution < 1.29 is 32.3 Å². The van der Waals surface area contributed by atoms with Gasteiger partial charge in [-0.1, -0.05) is 5.16 Å². The van der Waals surface area contributed by atoms with E-state index in [9.17, 15) is 27.6 Å².